The Hall–Kier alpha value is -1.06. The molecule has 1 N–H and O–H groups in total. The lowest BCUT2D eigenvalue weighted by molar-refractivity contribution is -0.167. The van der Waals surface area contributed by atoms with Crippen molar-refractivity contribution in [2.45, 2.75) is 25.4 Å². The summed E-state index contributed by atoms with van der Waals surface area (Å²) in [5.74, 6) is -1.50. The van der Waals surface area contributed by atoms with E-state index in [1.54, 1.807) is 0 Å². The van der Waals surface area contributed by atoms with Crippen LogP contribution in [-0.2, 0) is 14.3 Å². The maximum Gasteiger partial charge on any atom is 0.347 e. The van der Waals surface area contributed by atoms with Gasteiger partial charge in [-0.05, 0) is 6.92 Å². The first-order valence-electron chi connectivity index (χ1n) is 3.00. The van der Waals surface area contributed by atoms with Crippen LogP contribution in [0.15, 0.2) is 0 Å². The molecule has 0 radical (unpaired) electrons. The number of hydrogen-bond donors (Lipinski definition) is 1. The van der Waals surface area contributed by atoms with Gasteiger partial charge in [-0.1, -0.05) is 0 Å². The number of carbonyl (C=O) groups is 2. The Bertz CT molecular complexity index is 186. The van der Waals surface area contributed by atoms with Gasteiger partial charge in [-0.15, -0.1) is 0 Å². The van der Waals surface area contributed by atoms with Crippen LogP contribution in [0, 0.1) is 0 Å². The molecule has 1 fully saturated rings. The summed E-state index contributed by atoms with van der Waals surface area (Å²) in [6.45, 7) is 1.40. The van der Waals surface area contributed by atoms with Gasteiger partial charge >= 0.3 is 11.9 Å². The molecule has 10 heavy (non-hydrogen) atoms. The highest BCUT2D eigenvalue weighted by molar-refractivity contribution is 5.85. The monoisotopic (exact) mass is 144 g/mol. The van der Waals surface area contributed by atoms with Crippen LogP contribution >= 0.6 is 0 Å². The van der Waals surface area contributed by atoms with Crippen LogP contribution in [0.5, 0.6) is 0 Å². The standard InChI is InChI=1S/C6H8O4/c1-6(5(8)9)3-2-4(7)10-6/h2-3H2,1H3,(H,8,9)/t6-/m1/s1. The van der Waals surface area contributed by atoms with Gasteiger partial charge in [-0.25, -0.2) is 4.79 Å². The Kier molecular flexibility index (Phi) is 1.39. The molecule has 4 nitrogen and oxygen atoms in total. The number of carboxylic acids is 1. The van der Waals surface area contributed by atoms with Crippen LogP contribution < -0.4 is 0 Å². The largest absolute Gasteiger partial charge is 0.478 e. The van der Waals surface area contributed by atoms with E-state index in [1.165, 1.54) is 6.92 Å². The van der Waals surface area contributed by atoms with Crippen molar-refractivity contribution in [3.8, 4) is 0 Å². The maximum absolute atomic E-state index is 10.5. The van der Waals surface area contributed by atoms with E-state index in [1.807, 2.05) is 0 Å². The van der Waals surface area contributed by atoms with Gasteiger partial charge in [-0.2, -0.15) is 0 Å². The van der Waals surface area contributed by atoms with Crippen molar-refractivity contribution in [2.75, 3.05) is 0 Å². The zero-order valence-corrected chi connectivity index (χ0v) is 5.59. The molecule has 0 bridgehead atoms. The van der Waals surface area contributed by atoms with Crippen molar-refractivity contribution in [1.82, 2.24) is 0 Å². The van der Waals surface area contributed by atoms with Crippen LogP contribution in [0.1, 0.15) is 19.8 Å². The number of rotatable bonds is 1. The molecule has 0 spiro atoms. The summed E-state index contributed by atoms with van der Waals surface area (Å²) in [5.41, 5.74) is -1.27. The molecular formula is C6H8O4. The van der Waals surface area contributed by atoms with Gasteiger partial charge in [0.2, 0.25) is 5.60 Å². The number of carbonyl (C=O) groups excluding carboxylic acids is 1. The van der Waals surface area contributed by atoms with Crippen molar-refractivity contribution in [3.63, 3.8) is 0 Å². The molecule has 1 saturated heterocycles. The normalized spacial score (nSPS) is 31.9. The first-order valence-corrected chi connectivity index (χ1v) is 3.00. The van der Waals surface area contributed by atoms with E-state index in [9.17, 15) is 9.59 Å². The number of aliphatic carboxylic acids is 1. The van der Waals surface area contributed by atoms with E-state index in [4.69, 9.17) is 5.11 Å². The van der Waals surface area contributed by atoms with E-state index in [2.05, 4.69) is 4.74 Å². The molecular weight excluding hydrogens is 136 g/mol. The molecule has 0 aromatic carbocycles. The molecule has 0 aromatic heterocycles. The van der Waals surface area contributed by atoms with Crippen molar-refractivity contribution < 1.29 is 19.4 Å². The SMILES string of the molecule is C[C@]1(C(=O)O)CCC(=O)O1. The van der Waals surface area contributed by atoms with Gasteiger partial charge in [0.1, 0.15) is 0 Å². The molecule has 0 amide bonds. The summed E-state index contributed by atoms with van der Waals surface area (Å²) < 4.78 is 4.57. The minimum absolute atomic E-state index is 0.211. The molecule has 0 unspecified atom stereocenters. The van der Waals surface area contributed by atoms with Crippen LogP contribution in [0.25, 0.3) is 0 Å². The molecule has 1 atom stereocenters. The third-order valence-corrected chi connectivity index (χ3v) is 1.60. The Labute approximate surface area is 57.8 Å². The Morgan fingerprint density at radius 1 is 1.80 bits per heavy atom. The van der Waals surface area contributed by atoms with Gasteiger partial charge in [0.15, 0.2) is 0 Å². The lowest BCUT2D eigenvalue weighted by Crippen LogP contribution is -2.34. The molecule has 1 heterocycles. The average Bonchev–Trinajstić information content (AvgIpc) is 2.13. The van der Waals surface area contributed by atoms with Crippen molar-refractivity contribution in [1.29, 1.82) is 0 Å². The summed E-state index contributed by atoms with van der Waals surface area (Å²) in [5, 5.41) is 8.51. The molecule has 0 saturated carbocycles. The zero-order valence-electron chi connectivity index (χ0n) is 5.59. The minimum Gasteiger partial charge on any atom is -0.478 e. The van der Waals surface area contributed by atoms with E-state index in [0.717, 1.165) is 0 Å². The van der Waals surface area contributed by atoms with Crippen molar-refractivity contribution >= 4 is 11.9 Å². The highest BCUT2D eigenvalue weighted by Gasteiger charge is 2.42. The molecule has 1 aliphatic heterocycles. The zero-order chi connectivity index (χ0) is 7.78. The summed E-state index contributed by atoms with van der Waals surface area (Å²) in [7, 11) is 0. The molecule has 0 aromatic rings. The van der Waals surface area contributed by atoms with Crippen LogP contribution in [0.2, 0.25) is 0 Å². The molecule has 4 heteroatoms. The Balaban J connectivity index is 2.72. The second-order valence-corrected chi connectivity index (χ2v) is 2.51. The highest BCUT2D eigenvalue weighted by Crippen LogP contribution is 2.25. The lowest BCUT2D eigenvalue weighted by atomic mass is 10.0. The van der Waals surface area contributed by atoms with Crippen LogP contribution in [-0.4, -0.2) is 22.6 Å². The summed E-state index contributed by atoms with van der Waals surface area (Å²) in [6.07, 6.45) is 0.490. The second-order valence-electron chi connectivity index (χ2n) is 2.51. The van der Waals surface area contributed by atoms with Gasteiger partial charge in [-0.3, -0.25) is 4.79 Å². The molecule has 1 rings (SSSR count). The van der Waals surface area contributed by atoms with E-state index in [0.29, 0.717) is 0 Å². The quantitative estimate of drug-likeness (QED) is 0.532. The smallest absolute Gasteiger partial charge is 0.347 e. The number of ether oxygens (including phenoxy) is 1. The number of hydrogen-bond acceptors (Lipinski definition) is 3. The van der Waals surface area contributed by atoms with Gasteiger partial charge in [0.05, 0.1) is 0 Å². The Morgan fingerprint density at radius 2 is 2.40 bits per heavy atom. The fraction of sp³-hybridized carbons (Fsp3) is 0.667. The van der Waals surface area contributed by atoms with E-state index in [-0.39, 0.29) is 12.8 Å². The third-order valence-electron chi connectivity index (χ3n) is 1.60. The Morgan fingerprint density at radius 3 is 2.60 bits per heavy atom. The van der Waals surface area contributed by atoms with Gasteiger partial charge in [0.25, 0.3) is 0 Å². The number of carboxylic acid groups (broad SMARTS) is 1. The topological polar surface area (TPSA) is 63.6 Å². The first-order chi connectivity index (χ1) is 4.54. The van der Waals surface area contributed by atoms with E-state index < -0.39 is 17.5 Å². The fourth-order valence-corrected chi connectivity index (χ4v) is 0.844. The molecule has 1 aliphatic rings. The molecule has 0 aliphatic carbocycles. The average molecular weight is 144 g/mol. The molecule has 56 valence electrons. The first kappa shape index (κ1) is 7.05. The van der Waals surface area contributed by atoms with Crippen LogP contribution in [0.3, 0.4) is 0 Å². The lowest BCUT2D eigenvalue weighted by Gasteiger charge is -2.15. The van der Waals surface area contributed by atoms with Gasteiger partial charge < -0.3 is 9.84 Å². The van der Waals surface area contributed by atoms with Crippen LogP contribution in [0.4, 0.5) is 0 Å². The fourth-order valence-electron chi connectivity index (χ4n) is 0.844. The number of esters is 1. The minimum atomic E-state index is -1.27. The second kappa shape index (κ2) is 1.97. The predicted octanol–water partition coefficient (Wildman–Crippen LogP) is 0.167. The maximum atomic E-state index is 10.5. The van der Waals surface area contributed by atoms with Crippen molar-refractivity contribution in [2.24, 2.45) is 0 Å². The highest BCUT2D eigenvalue weighted by atomic mass is 16.6. The number of cyclic esters (lactones) is 1. The predicted molar refractivity (Wildman–Crippen MR) is 31.4 cm³/mol. The van der Waals surface area contributed by atoms with E-state index >= 15 is 0 Å². The summed E-state index contributed by atoms with van der Waals surface area (Å²) in [6, 6.07) is 0. The van der Waals surface area contributed by atoms with Gasteiger partial charge in [0, 0.05) is 12.8 Å². The third kappa shape index (κ3) is 0.964. The summed E-state index contributed by atoms with van der Waals surface area (Å²) >= 11 is 0. The summed E-state index contributed by atoms with van der Waals surface area (Å²) in [4.78, 5) is 20.9. The van der Waals surface area contributed by atoms with Crippen molar-refractivity contribution in [3.05, 3.63) is 0 Å².